The van der Waals surface area contributed by atoms with Crippen LogP contribution in [-0.2, 0) is 16.0 Å². The van der Waals surface area contributed by atoms with Crippen LogP contribution in [-0.4, -0.2) is 63.3 Å². The number of hydrogen-bond donors (Lipinski definition) is 3. The van der Waals surface area contributed by atoms with Gasteiger partial charge in [-0.3, -0.25) is 14.6 Å². The zero-order chi connectivity index (χ0) is 23.9. The number of halogens is 2. The lowest BCUT2D eigenvalue weighted by molar-refractivity contribution is -0.0510. The molecule has 0 aromatic carbocycles. The van der Waals surface area contributed by atoms with E-state index in [2.05, 4.69) is 25.9 Å². The summed E-state index contributed by atoms with van der Waals surface area (Å²) in [6.07, 6.45) is -0.199. The van der Waals surface area contributed by atoms with Gasteiger partial charge in [-0.2, -0.15) is 5.10 Å². The minimum Gasteiger partial charge on any atom is -0.471 e. The molecule has 2 amide bonds. The van der Waals surface area contributed by atoms with E-state index in [1.807, 2.05) is 0 Å². The van der Waals surface area contributed by atoms with Crippen LogP contribution in [0.15, 0.2) is 12.1 Å². The molecule has 1 saturated heterocycles. The van der Waals surface area contributed by atoms with Crippen molar-refractivity contribution in [3.05, 3.63) is 23.5 Å². The third-order valence-electron chi connectivity index (χ3n) is 6.47. The lowest BCUT2D eigenvalue weighted by Gasteiger charge is -2.61. The van der Waals surface area contributed by atoms with Crippen molar-refractivity contribution in [3.63, 3.8) is 0 Å². The largest absolute Gasteiger partial charge is 0.471 e. The number of nitrogens with one attached hydrogen (secondary N) is 3. The van der Waals surface area contributed by atoms with Gasteiger partial charge in [-0.25, -0.2) is 13.6 Å². The quantitative estimate of drug-likeness (QED) is 0.503. The van der Waals surface area contributed by atoms with E-state index in [9.17, 15) is 18.4 Å². The molecule has 0 unspecified atom stereocenters. The summed E-state index contributed by atoms with van der Waals surface area (Å²) in [5, 5.41) is 16.5. The van der Waals surface area contributed by atoms with Gasteiger partial charge in [-0.15, -0.1) is 5.10 Å². The molecule has 6 rings (SSSR count). The molecule has 2 aromatic rings. The molecule has 2 aromatic heterocycles. The third kappa shape index (κ3) is 4.56. The summed E-state index contributed by atoms with van der Waals surface area (Å²) in [5.74, 6) is 0.447. The van der Waals surface area contributed by atoms with E-state index in [-0.39, 0.29) is 41.7 Å². The maximum atomic E-state index is 12.7. The van der Waals surface area contributed by atoms with Gasteiger partial charge < -0.3 is 24.8 Å². The fourth-order valence-electron chi connectivity index (χ4n) is 4.71. The number of ether oxygens (including phenoxy) is 3. The molecule has 0 spiro atoms. The second kappa shape index (κ2) is 8.85. The first-order chi connectivity index (χ1) is 16.3. The van der Waals surface area contributed by atoms with Gasteiger partial charge in [0.1, 0.15) is 17.9 Å². The first-order valence-electron chi connectivity index (χ1n) is 11.3. The fraction of sp³-hybridized carbons (Fsp3) is 0.619. The number of nitrogens with zero attached hydrogens (tertiary/aromatic N) is 3. The Hall–Kier alpha value is -3.22. The first-order valence-corrected chi connectivity index (χ1v) is 11.3. The molecule has 34 heavy (non-hydrogen) atoms. The number of aromatic amines is 1. The lowest BCUT2D eigenvalue weighted by atomic mass is 9.50. The SMILES string of the molecule is CCn1nc(OCC(F)F)cc1C(=O)Nc1cc([C@@H]2C[C@H](OC(=O)NC34CC(C3)C4)CO2)[nH]n1. The van der Waals surface area contributed by atoms with Gasteiger partial charge in [-0.1, -0.05) is 0 Å². The van der Waals surface area contributed by atoms with Crippen molar-refractivity contribution < 1.29 is 32.6 Å². The van der Waals surface area contributed by atoms with Gasteiger partial charge in [0, 0.05) is 30.6 Å². The van der Waals surface area contributed by atoms with E-state index in [1.165, 1.54) is 10.7 Å². The van der Waals surface area contributed by atoms with Crippen molar-refractivity contribution >= 4 is 17.8 Å². The number of hydrogen-bond acceptors (Lipinski definition) is 7. The normalized spacial score (nSPS) is 27.1. The molecule has 3 N–H and O–H groups in total. The van der Waals surface area contributed by atoms with Crippen LogP contribution in [0.25, 0.3) is 0 Å². The minimum atomic E-state index is -2.64. The molecular weight excluding hydrogens is 454 g/mol. The molecule has 3 aliphatic carbocycles. The van der Waals surface area contributed by atoms with Crippen molar-refractivity contribution in [1.82, 2.24) is 25.3 Å². The van der Waals surface area contributed by atoms with Gasteiger partial charge in [0.05, 0.1) is 12.3 Å². The highest BCUT2D eigenvalue weighted by molar-refractivity contribution is 6.02. The molecule has 4 aliphatic rings. The molecule has 0 radical (unpaired) electrons. The van der Waals surface area contributed by atoms with Crippen molar-refractivity contribution in [2.75, 3.05) is 18.5 Å². The van der Waals surface area contributed by atoms with Gasteiger partial charge in [0.2, 0.25) is 5.88 Å². The van der Waals surface area contributed by atoms with Crippen LogP contribution in [0.4, 0.5) is 19.4 Å². The molecular formula is C21H26F2N6O5. The second-order valence-corrected chi connectivity index (χ2v) is 9.02. The number of alkyl halides is 2. The van der Waals surface area contributed by atoms with Crippen LogP contribution in [0.5, 0.6) is 5.88 Å². The highest BCUT2D eigenvalue weighted by Gasteiger charge is 2.57. The molecule has 2 bridgehead atoms. The number of anilines is 1. The fourth-order valence-corrected chi connectivity index (χ4v) is 4.71. The first kappa shape index (κ1) is 22.6. The van der Waals surface area contributed by atoms with Crippen LogP contribution < -0.4 is 15.4 Å². The summed E-state index contributed by atoms with van der Waals surface area (Å²) in [6.45, 7) is 1.57. The molecule has 2 atom stereocenters. The number of aryl methyl sites for hydroxylation is 1. The zero-order valence-electron chi connectivity index (χ0n) is 18.6. The number of H-pyrrole nitrogens is 1. The van der Waals surface area contributed by atoms with Crippen LogP contribution in [0.2, 0.25) is 0 Å². The molecule has 3 heterocycles. The zero-order valence-corrected chi connectivity index (χ0v) is 18.6. The standard InChI is InChI=1S/C21H26F2N6O5/c1-2-29-14(5-18(28-29)33-10-16(22)23)19(30)24-17-4-13(26-27-17)15-3-12(9-32-15)34-20(31)25-21-6-11(7-21)8-21/h4-5,11-12,15-16H,2-3,6-10H2,1H3,(H,25,31)(H2,24,26,27,30)/t11?,12-,15-,21?/m0/s1. The van der Waals surface area contributed by atoms with E-state index >= 15 is 0 Å². The molecule has 3 saturated carbocycles. The molecule has 11 nitrogen and oxygen atoms in total. The van der Waals surface area contributed by atoms with Crippen molar-refractivity contribution in [2.24, 2.45) is 5.92 Å². The van der Waals surface area contributed by atoms with Crippen LogP contribution in [0.1, 0.15) is 54.9 Å². The average Bonchev–Trinajstić information content (AvgIpc) is 3.47. The summed E-state index contributed by atoms with van der Waals surface area (Å²) < 4.78 is 42.2. The Labute approximate surface area is 193 Å². The Morgan fingerprint density at radius 3 is 2.82 bits per heavy atom. The number of amides is 2. The number of carbonyl (C=O) groups excluding carboxylic acids is 2. The van der Waals surface area contributed by atoms with Crippen LogP contribution in [0.3, 0.4) is 0 Å². The highest BCUT2D eigenvalue weighted by Crippen LogP contribution is 2.56. The lowest BCUT2D eigenvalue weighted by Crippen LogP contribution is -2.68. The second-order valence-electron chi connectivity index (χ2n) is 9.02. The summed E-state index contributed by atoms with van der Waals surface area (Å²) >= 11 is 0. The summed E-state index contributed by atoms with van der Waals surface area (Å²) in [7, 11) is 0. The minimum absolute atomic E-state index is 0.0416. The van der Waals surface area contributed by atoms with Gasteiger partial charge >= 0.3 is 6.09 Å². The Morgan fingerprint density at radius 1 is 1.35 bits per heavy atom. The van der Waals surface area contributed by atoms with Crippen LogP contribution in [0, 0.1) is 5.92 Å². The van der Waals surface area contributed by atoms with Crippen molar-refractivity contribution in [3.8, 4) is 5.88 Å². The molecule has 4 fully saturated rings. The Bertz CT molecular complexity index is 1050. The molecule has 184 valence electrons. The third-order valence-corrected chi connectivity index (χ3v) is 6.47. The number of aromatic nitrogens is 4. The molecule has 13 heteroatoms. The van der Waals surface area contributed by atoms with E-state index in [4.69, 9.17) is 14.2 Å². The van der Waals surface area contributed by atoms with Crippen LogP contribution >= 0.6 is 0 Å². The van der Waals surface area contributed by atoms with Crippen molar-refractivity contribution in [2.45, 2.75) is 63.3 Å². The van der Waals surface area contributed by atoms with E-state index < -0.39 is 25.0 Å². The summed E-state index contributed by atoms with van der Waals surface area (Å²) in [6, 6.07) is 2.93. The van der Waals surface area contributed by atoms with E-state index in [1.54, 1.807) is 13.0 Å². The number of alkyl carbamates (subject to hydrolysis) is 1. The Balaban J connectivity index is 1.14. The van der Waals surface area contributed by atoms with Gasteiger partial charge in [0.15, 0.2) is 12.4 Å². The number of carbonyl (C=O) groups is 2. The smallest absolute Gasteiger partial charge is 0.407 e. The topological polar surface area (TPSA) is 132 Å². The summed E-state index contributed by atoms with van der Waals surface area (Å²) in [4.78, 5) is 24.8. The van der Waals surface area contributed by atoms with Gasteiger partial charge in [0.25, 0.3) is 12.3 Å². The van der Waals surface area contributed by atoms with Gasteiger partial charge in [-0.05, 0) is 32.1 Å². The summed E-state index contributed by atoms with van der Waals surface area (Å²) in [5.41, 5.74) is 0.739. The maximum Gasteiger partial charge on any atom is 0.407 e. The monoisotopic (exact) mass is 480 g/mol. The predicted molar refractivity (Wildman–Crippen MR) is 113 cm³/mol. The molecule has 1 aliphatic heterocycles. The Morgan fingerprint density at radius 2 is 2.15 bits per heavy atom. The average molecular weight is 480 g/mol. The predicted octanol–water partition coefficient (Wildman–Crippen LogP) is 2.63. The van der Waals surface area contributed by atoms with E-state index in [0.29, 0.717) is 18.7 Å². The van der Waals surface area contributed by atoms with Crippen molar-refractivity contribution in [1.29, 1.82) is 0 Å². The van der Waals surface area contributed by atoms with E-state index in [0.717, 1.165) is 25.2 Å². The Kier molecular flexibility index (Phi) is 5.88. The number of rotatable bonds is 9. The highest BCUT2D eigenvalue weighted by atomic mass is 19.3. The maximum absolute atomic E-state index is 12.7.